The van der Waals surface area contributed by atoms with Gasteiger partial charge in [0.15, 0.2) is 0 Å². The van der Waals surface area contributed by atoms with Gasteiger partial charge in [-0.25, -0.2) is 0 Å². The Kier molecular flexibility index (Phi) is 5.82. The molecule has 20 heavy (non-hydrogen) atoms. The van der Waals surface area contributed by atoms with E-state index in [4.69, 9.17) is 15.2 Å². The van der Waals surface area contributed by atoms with Gasteiger partial charge >= 0.3 is 0 Å². The summed E-state index contributed by atoms with van der Waals surface area (Å²) in [6, 6.07) is 5.17. The molecule has 0 bridgehead atoms. The molecule has 1 amide bonds. The number of amides is 1. The zero-order valence-electron chi connectivity index (χ0n) is 12.7. The lowest BCUT2D eigenvalue weighted by Gasteiger charge is -2.19. The van der Waals surface area contributed by atoms with Crippen molar-refractivity contribution in [3.63, 3.8) is 0 Å². The summed E-state index contributed by atoms with van der Waals surface area (Å²) in [7, 11) is 1.57. The van der Waals surface area contributed by atoms with Crippen molar-refractivity contribution in [2.24, 2.45) is 0 Å². The fraction of sp³-hybridized carbons (Fsp3) is 0.533. The van der Waals surface area contributed by atoms with Crippen molar-refractivity contribution in [1.29, 1.82) is 0 Å². The quantitative estimate of drug-likeness (QED) is 0.620. The molecule has 0 saturated heterocycles. The van der Waals surface area contributed by atoms with Crippen LogP contribution in [-0.2, 0) is 9.53 Å². The van der Waals surface area contributed by atoms with Gasteiger partial charge in [-0.3, -0.25) is 4.79 Å². The Morgan fingerprint density at radius 2 is 2.05 bits per heavy atom. The first-order chi connectivity index (χ1) is 9.31. The Morgan fingerprint density at radius 3 is 2.60 bits per heavy atom. The van der Waals surface area contributed by atoms with Gasteiger partial charge in [0, 0.05) is 19.1 Å². The fourth-order valence-corrected chi connectivity index (χ4v) is 1.61. The second kappa shape index (κ2) is 7.14. The van der Waals surface area contributed by atoms with Crippen LogP contribution in [0.4, 0.5) is 11.4 Å². The first-order valence-corrected chi connectivity index (χ1v) is 6.69. The largest absolute Gasteiger partial charge is 0.497 e. The molecule has 1 aromatic carbocycles. The number of nitrogens with two attached hydrogens (primary N) is 1. The van der Waals surface area contributed by atoms with Crippen LogP contribution >= 0.6 is 0 Å². The van der Waals surface area contributed by atoms with E-state index >= 15 is 0 Å². The van der Waals surface area contributed by atoms with E-state index in [-0.39, 0.29) is 11.5 Å². The van der Waals surface area contributed by atoms with Crippen molar-refractivity contribution in [3.05, 3.63) is 18.2 Å². The van der Waals surface area contributed by atoms with E-state index < -0.39 is 0 Å². The number of anilines is 2. The molecule has 0 aliphatic heterocycles. The minimum absolute atomic E-state index is 0.0700. The molecule has 0 aliphatic carbocycles. The van der Waals surface area contributed by atoms with Gasteiger partial charge in [0.05, 0.1) is 24.1 Å². The van der Waals surface area contributed by atoms with Crippen molar-refractivity contribution in [2.45, 2.75) is 39.2 Å². The molecular formula is C15H24N2O3. The standard InChI is InChI=1S/C15H24N2O3/c1-15(2,3)20-9-5-6-14(18)17-13-8-7-11(19-4)10-12(13)16/h7-8,10H,5-6,9,16H2,1-4H3,(H,17,18). The second-order valence-electron chi connectivity index (χ2n) is 5.57. The predicted molar refractivity (Wildman–Crippen MR) is 81.0 cm³/mol. The molecule has 5 heteroatoms. The summed E-state index contributed by atoms with van der Waals surface area (Å²) < 4.78 is 10.6. The molecule has 0 unspecified atom stereocenters. The van der Waals surface area contributed by atoms with Crippen LogP contribution in [0.25, 0.3) is 0 Å². The minimum Gasteiger partial charge on any atom is -0.497 e. The van der Waals surface area contributed by atoms with E-state index in [1.54, 1.807) is 25.3 Å². The average Bonchev–Trinajstić information content (AvgIpc) is 2.36. The number of nitrogens with one attached hydrogen (secondary N) is 1. The van der Waals surface area contributed by atoms with Crippen molar-refractivity contribution in [3.8, 4) is 5.75 Å². The van der Waals surface area contributed by atoms with Gasteiger partial charge in [0.25, 0.3) is 0 Å². The normalized spacial score (nSPS) is 11.2. The van der Waals surface area contributed by atoms with Crippen LogP contribution in [0.1, 0.15) is 33.6 Å². The highest BCUT2D eigenvalue weighted by Gasteiger charge is 2.10. The number of hydrogen-bond donors (Lipinski definition) is 2. The molecule has 0 atom stereocenters. The van der Waals surface area contributed by atoms with E-state index in [9.17, 15) is 4.79 Å². The molecule has 0 heterocycles. The summed E-state index contributed by atoms with van der Waals surface area (Å²) in [4.78, 5) is 11.8. The number of nitrogen functional groups attached to an aromatic ring is 1. The molecule has 1 aromatic rings. The third-order valence-electron chi connectivity index (χ3n) is 2.62. The van der Waals surface area contributed by atoms with Gasteiger partial charge < -0.3 is 20.5 Å². The Labute approximate surface area is 120 Å². The van der Waals surface area contributed by atoms with Crippen LogP contribution in [0.5, 0.6) is 5.75 Å². The maximum Gasteiger partial charge on any atom is 0.224 e. The first-order valence-electron chi connectivity index (χ1n) is 6.69. The maximum atomic E-state index is 11.8. The van der Waals surface area contributed by atoms with Gasteiger partial charge in [-0.15, -0.1) is 0 Å². The molecule has 0 aliphatic rings. The van der Waals surface area contributed by atoms with Crippen molar-refractivity contribution in [1.82, 2.24) is 0 Å². The summed E-state index contributed by atoms with van der Waals surface area (Å²) in [6.45, 7) is 6.54. The van der Waals surface area contributed by atoms with Crippen LogP contribution in [0, 0.1) is 0 Å². The summed E-state index contributed by atoms with van der Waals surface area (Å²) in [5.41, 5.74) is 6.76. The Bertz CT molecular complexity index is 453. The smallest absolute Gasteiger partial charge is 0.224 e. The highest BCUT2D eigenvalue weighted by molar-refractivity contribution is 5.93. The summed E-state index contributed by atoms with van der Waals surface area (Å²) in [6.07, 6.45) is 1.08. The molecule has 1 rings (SSSR count). The highest BCUT2D eigenvalue weighted by atomic mass is 16.5. The topological polar surface area (TPSA) is 73.6 Å². The first kappa shape index (κ1) is 16.3. The summed E-state index contributed by atoms with van der Waals surface area (Å²) in [5.74, 6) is 0.596. The van der Waals surface area contributed by atoms with Gasteiger partial charge in [0.1, 0.15) is 5.75 Å². The van der Waals surface area contributed by atoms with Crippen LogP contribution in [0.15, 0.2) is 18.2 Å². The van der Waals surface area contributed by atoms with Crippen LogP contribution in [0.2, 0.25) is 0 Å². The van der Waals surface area contributed by atoms with E-state index in [0.29, 0.717) is 36.6 Å². The molecule has 3 N–H and O–H groups in total. The van der Waals surface area contributed by atoms with Gasteiger partial charge in [-0.05, 0) is 39.3 Å². The average molecular weight is 280 g/mol. The zero-order valence-corrected chi connectivity index (χ0v) is 12.7. The van der Waals surface area contributed by atoms with E-state index in [1.807, 2.05) is 20.8 Å². The third-order valence-corrected chi connectivity index (χ3v) is 2.62. The molecule has 0 aromatic heterocycles. The fourth-order valence-electron chi connectivity index (χ4n) is 1.61. The van der Waals surface area contributed by atoms with Crippen molar-refractivity contribution in [2.75, 3.05) is 24.8 Å². The Hall–Kier alpha value is -1.75. The summed E-state index contributed by atoms with van der Waals surface area (Å²) >= 11 is 0. The van der Waals surface area contributed by atoms with E-state index in [1.165, 1.54) is 0 Å². The maximum absolute atomic E-state index is 11.8. The Balaban J connectivity index is 2.39. The lowest BCUT2D eigenvalue weighted by atomic mass is 10.2. The van der Waals surface area contributed by atoms with Crippen molar-refractivity contribution < 1.29 is 14.3 Å². The molecule has 0 spiro atoms. The number of rotatable bonds is 6. The Morgan fingerprint density at radius 1 is 1.35 bits per heavy atom. The lowest BCUT2D eigenvalue weighted by molar-refractivity contribution is -0.116. The van der Waals surface area contributed by atoms with Crippen LogP contribution < -0.4 is 15.8 Å². The second-order valence-corrected chi connectivity index (χ2v) is 5.57. The van der Waals surface area contributed by atoms with Gasteiger partial charge in [0.2, 0.25) is 5.91 Å². The molecule has 0 fully saturated rings. The molecule has 5 nitrogen and oxygen atoms in total. The summed E-state index contributed by atoms with van der Waals surface area (Å²) in [5, 5.41) is 2.78. The third kappa shape index (κ3) is 5.93. The molecular weight excluding hydrogens is 256 g/mol. The highest BCUT2D eigenvalue weighted by Crippen LogP contribution is 2.24. The van der Waals surface area contributed by atoms with Crippen LogP contribution in [0.3, 0.4) is 0 Å². The molecule has 0 saturated carbocycles. The monoisotopic (exact) mass is 280 g/mol. The number of carbonyl (C=O) groups is 1. The number of methoxy groups -OCH3 is 1. The SMILES string of the molecule is COc1ccc(NC(=O)CCCOC(C)(C)C)c(N)c1. The number of hydrogen-bond acceptors (Lipinski definition) is 4. The number of ether oxygens (including phenoxy) is 2. The van der Waals surface area contributed by atoms with Gasteiger partial charge in [-0.2, -0.15) is 0 Å². The predicted octanol–water partition coefficient (Wildman–Crippen LogP) is 2.81. The molecule has 0 radical (unpaired) electrons. The van der Waals surface area contributed by atoms with Crippen molar-refractivity contribution >= 4 is 17.3 Å². The van der Waals surface area contributed by atoms with Gasteiger partial charge in [-0.1, -0.05) is 0 Å². The number of benzene rings is 1. The van der Waals surface area contributed by atoms with E-state index in [2.05, 4.69) is 5.32 Å². The molecule has 112 valence electrons. The number of carbonyl (C=O) groups excluding carboxylic acids is 1. The van der Waals surface area contributed by atoms with Crippen LogP contribution in [-0.4, -0.2) is 25.2 Å². The van der Waals surface area contributed by atoms with E-state index in [0.717, 1.165) is 0 Å². The lowest BCUT2D eigenvalue weighted by Crippen LogP contribution is -2.21. The minimum atomic E-state index is -0.170. The zero-order chi connectivity index (χ0) is 15.2.